The lowest BCUT2D eigenvalue weighted by atomic mass is 10.1. The second-order valence-electron chi connectivity index (χ2n) is 6.96. The molecule has 1 aliphatic rings. The molecule has 2 amide bonds. The Hall–Kier alpha value is -2.82. The van der Waals surface area contributed by atoms with Crippen molar-refractivity contribution in [1.82, 2.24) is 0 Å². The molecule has 2 aromatic rings. The van der Waals surface area contributed by atoms with Gasteiger partial charge >= 0.3 is 0 Å². The van der Waals surface area contributed by atoms with Gasteiger partial charge in [0.05, 0.1) is 0 Å². The number of carbonyl (C=O) groups excluding carboxylic acids is 2. The number of nitrogens with one attached hydrogen (secondary N) is 3. The molecule has 0 radical (unpaired) electrons. The van der Waals surface area contributed by atoms with Crippen LogP contribution >= 0.6 is 0 Å². The molecule has 5 heteroatoms. The van der Waals surface area contributed by atoms with Gasteiger partial charge in [-0.2, -0.15) is 0 Å². The van der Waals surface area contributed by atoms with Crippen molar-refractivity contribution in [3.05, 3.63) is 53.6 Å². The second kappa shape index (κ2) is 7.60. The van der Waals surface area contributed by atoms with E-state index in [0.717, 1.165) is 41.0 Å². The molecule has 0 unspecified atom stereocenters. The lowest BCUT2D eigenvalue weighted by molar-refractivity contribution is -0.117. The minimum absolute atomic E-state index is 0.0893. The van der Waals surface area contributed by atoms with Crippen LogP contribution in [0.15, 0.2) is 42.5 Å². The molecule has 1 fully saturated rings. The van der Waals surface area contributed by atoms with Crippen molar-refractivity contribution >= 4 is 28.9 Å². The Morgan fingerprint density at radius 1 is 0.923 bits per heavy atom. The van der Waals surface area contributed by atoms with Gasteiger partial charge in [-0.05, 0) is 69.0 Å². The third-order valence-electron chi connectivity index (χ3n) is 4.61. The molecule has 1 aliphatic carbocycles. The average molecular weight is 351 g/mol. The van der Waals surface area contributed by atoms with Crippen LogP contribution in [-0.2, 0) is 9.59 Å². The first kappa shape index (κ1) is 18.0. The average Bonchev–Trinajstić information content (AvgIpc) is 3.45. The highest BCUT2D eigenvalue weighted by molar-refractivity contribution is 5.97. The number of hydrogen-bond donors (Lipinski definition) is 3. The van der Waals surface area contributed by atoms with Gasteiger partial charge in [0, 0.05) is 23.0 Å². The van der Waals surface area contributed by atoms with Gasteiger partial charge in [0.15, 0.2) is 0 Å². The molecule has 0 aromatic heterocycles. The second-order valence-corrected chi connectivity index (χ2v) is 6.96. The Bertz CT molecular complexity index is 790. The highest BCUT2D eigenvalue weighted by atomic mass is 16.2. The standard InChI is InChI=1S/C21H25N3O2/c1-13-5-4-6-14(2)19(13)24-20(25)15(3)22-17-9-11-18(12-10-17)23-21(26)16-7-8-16/h4-6,9-12,15-16,22H,7-8H2,1-3H3,(H,23,26)(H,24,25)/t15-/m1/s1. The third kappa shape index (κ3) is 4.42. The van der Waals surface area contributed by atoms with Crippen molar-refractivity contribution < 1.29 is 9.59 Å². The minimum Gasteiger partial charge on any atom is -0.374 e. The molecule has 1 atom stereocenters. The summed E-state index contributed by atoms with van der Waals surface area (Å²) in [6.45, 7) is 5.79. The Morgan fingerprint density at radius 3 is 2.08 bits per heavy atom. The van der Waals surface area contributed by atoms with Gasteiger partial charge in [0.2, 0.25) is 11.8 Å². The van der Waals surface area contributed by atoms with Crippen molar-refractivity contribution in [3.8, 4) is 0 Å². The van der Waals surface area contributed by atoms with Gasteiger partial charge in [0.1, 0.15) is 6.04 Å². The zero-order chi connectivity index (χ0) is 18.7. The molecule has 1 saturated carbocycles. The minimum atomic E-state index is -0.388. The lowest BCUT2D eigenvalue weighted by Gasteiger charge is -2.18. The van der Waals surface area contributed by atoms with E-state index in [2.05, 4.69) is 16.0 Å². The fourth-order valence-electron chi connectivity index (χ4n) is 2.80. The largest absolute Gasteiger partial charge is 0.374 e. The summed E-state index contributed by atoms with van der Waals surface area (Å²) in [7, 11) is 0. The predicted molar refractivity (Wildman–Crippen MR) is 105 cm³/mol. The Kier molecular flexibility index (Phi) is 5.26. The van der Waals surface area contributed by atoms with Crippen LogP contribution in [0.4, 0.5) is 17.1 Å². The van der Waals surface area contributed by atoms with Crippen LogP contribution in [0.3, 0.4) is 0 Å². The Labute approximate surface area is 154 Å². The van der Waals surface area contributed by atoms with E-state index >= 15 is 0 Å². The normalized spacial score (nSPS) is 14.4. The number of benzene rings is 2. The number of carbonyl (C=O) groups is 2. The van der Waals surface area contributed by atoms with Gasteiger partial charge in [0.25, 0.3) is 0 Å². The summed E-state index contributed by atoms with van der Waals surface area (Å²) in [5.74, 6) is 0.182. The van der Waals surface area contributed by atoms with Crippen LogP contribution in [0.1, 0.15) is 30.9 Å². The van der Waals surface area contributed by atoms with Crippen molar-refractivity contribution in [2.45, 2.75) is 39.7 Å². The van der Waals surface area contributed by atoms with E-state index in [1.807, 2.05) is 63.2 Å². The molecule has 0 bridgehead atoms. The van der Waals surface area contributed by atoms with Gasteiger partial charge < -0.3 is 16.0 Å². The van der Waals surface area contributed by atoms with Crippen LogP contribution in [-0.4, -0.2) is 17.9 Å². The molecule has 0 spiro atoms. The predicted octanol–water partition coefficient (Wildman–Crippen LogP) is 4.09. The molecular formula is C21H25N3O2. The van der Waals surface area contributed by atoms with Crippen LogP contribution in [0.25, 0.3) is 0 Å². The van der Waals surface area contributed by atoms with E-state index in [4.69, 9.17) is 0 Å². The number of hydrogen-bond acceptors (Lipinski definition) is 3. The molecule has 2 aromatic carbocycles. The Balaban J connectivity index is 1.57. The van der Waals surface area contributed by atoms with Crippen LogP contribution in [0.2, 0.25) is 0 Å². The molecule has 3 N–H and O–H groups in total. The highest BCUT2D eigenvalue weighted by Gasteiger charge is 2.29. The SMILES string of the molecule is Cc1cccc(C)c1NC(=O)[C@@H](C)Nc1ccc(NC(=O)C2CC2)cc1. The fraction of sp³-hybridized carbons (Fsp3) is 0.333. The number of aryl methyl sites for hydroxylation is 2. The number of para-hydroxylation sites is 1. The summed E-state index contributed by atoms with van der Waals surface area (Å²) in [5.41, 5.74) is 4.56. The first-order chi connectivity index (χ1) is 12.4. The molecule has 3 rings (SSSR count). The maximum absolute atomic E-state index is 12.5. The maximum atomic E-state index is 12.5. The summed E-state index contributed by atoms with van der Waals surface area (Å²) in [6, 6.07) is 13.0. The maximum Gasteiger partial charge on any atom is 0.246 e. The van der Waals surface area contributed by atoms with E-state index in [1.165, 1.54) is 0 Å². The molecule has 0 saturated heterocycles. The quantitative estimate of drug-likeness (QED) is 0.734. The first-order valence-corrected chi connectivity index (χ1v) is 8.98. The van der Waals surface area contributed by atoms with Crippen LogP contribution in [0, 0.1) is 19.8 Å². The lowest BCUT2D eigenvalue weighted by Crippen LogP contribution is -2.32. The van der Waals surface area contributed by atoms with Crippen LogP contribution < -0.4 is 16.0 Å². The van der Waals surface area contributed by atoms with Gasteiger partial charge in [-0.1, -0.05) is 18.2 Å². The van der Waals surface area contributed by atoms with Gasteiger partial charge in [-0.15, -0.1) is 0 Å². The summed E-state index contributed by atoms with van der Waals surface area (Å²) in [5, 5.41) is 9.09. The van der Waals surface area contributed by atoms with E-state index in [9.17, 15) is 9.59 Å². The summed E-state index contributed by atoms with van der Waals surface area (Å²) in [4.78, 5) is 24.3. The van der Waals surface area contributed by atoms with Crippen molar-refractivity contribution in [2.75, 3.05) is 16.0 Å². The van der Waals surface area contributed by atoms with E-state index in [1.54, 1.807) is 0 Å². The number of anilines is 3. The summed E-state index contributed by atoms with van der Waals surface area (Å²) in [6.07, 6.45) is 1.97. The highest BCUT2D eigenvalue weighted by Crippen LogP contribution is 2.30. The first-order valence-electron chi connectivity index (χ1n) is 8.98. The number of rotatable bonds is 6. The smallest absolute Gasteiger partial charge is 0.246 e. The fourth-order valence-corrected chi connectivity index (χ4v) is 2.80. The molecule has 136 valence electrons. The van der Waals surface area contributed by atoms with Gasteiger partial charge in [-0.25, -0.2) is 0 Å². The van der Waals surface area contributed by atoms with Crippen molar-refractivity contribution in [2.24, 2.45) is 5.92 Å². The topological polar surface area (TPSA) is 70.2 Å². The molecule has 0 aliphatic heterocycles. The summed E-state index contributed by atoms with van der Waals surface area (Å²) < 4.78 is 0. The third-order valence-corrected chi connectivity index (χ3v) is 4.61. The molecule has 0 heterocycles. The zero-order valence-corrected chi connectivity index (χ0v) is 15.4. The van der Waals surface area contributed by atoms with Gasteiger partial charge in [-0.3, -0.25) is 9.59 Å². The Morgan fingerprint density at radius 2 is 1.50 bits per heavy atom. The van der Waals surface area contributed by atoms with Crippen LogP contribution in [0.5, 0.6) is 0 Å². The van der Waals surface area contributed by atoms with E-state index in [-0.39, 0.29) is 23.8 Å². The monoisotopic (exact) mass is 351 g/mol. The molecule has 26 heavy (non-hydrogen) atoms. The number of amides is 2. The molecule has 5 nitrogen and oxygen atoms in total. The molecular weight excluding hydrogens is 326 g/mol. The zero-order valence-electron chi connectivity index (χ0n) is 15.4. The summed E-state index contributed by atoms with van der Waals surface area (Å²) >= 11 is 0. The van der Waals surface area contributed by atoms with E-state index < -0.39 is 0 Å². The van der Waals surface area contributed by atoms with E-state index in [0.29, 0.717) is 0 Å². The van der Waals surface area contributed by atoms with Crippen molar-refractivity contribution in [3.63, 3.8) is 0 Å². The van der Waals surface area contributed by atoms with Crippen molar-refractivity contribution in [1.29, 1.82) is 0 Å².